The summed E-state index contributed by atoms with van der Waals surface area (Å²) in [6.07, 6.45) is 0. The summed E-state index contributed by atoms with van der Waals surface area (Å²) in [6, 6.07) is 5.25. The second-order valence-corrected chi connectivity index (χ2v) is 4.68. The maximum absolute atomic E-state index is 12.0. The zero-order valence-electron chi connectivity index (χ0n) is 8.42. The van der Waals surface area contributed by atoms with Crippen LogP contribution in [0.4, 0.5) is 13.2 Å². The second kappa shape index (κ2) is 3.97. The van der Waals surface area contributed by atoms with Gasteiger partial charge < -0.3 is 4.18 Å². The molecule has 0 aliphatic carbocycles. The van der Waals surface area contributed by atoms with Crippen LogP contribution in [0.5, 0.6) is 5.75 Å². The molecule has 0 heterocycles. The van der Waals surface area contributed by atoms with E-state index in [-0.39, 0.29) is 11.3 Å². The lowest BCUT2D eigenvalue weighted by atomic mass is 10.1. The molecule has 0 atom stereocenters. The number of hydrogen-bond donors (Lipinski definition) is 0. The summed E-state index contributed by atoms with van der Waals surface area (Å²) in [5.41, 5.74) is -4.68. The first-order valence-electron chi connectivity index (χ1n) is 4.13. The zero-order chi connectivity index (χ0) is 12.6. The third-order valence-electron chi connectivity index (χ3n) is 1.74. The SMILES string of the molecule is Cc1[c]cc(C)c(OS(=O)(=O)C(F)(F)F)c1. The quantitative estimate of drug-likeness (QED) is 0.600. The van der Waals surface area contributed by atoms with Gasteiger partial charge in [0, 0.05) is 0 Å². The monoisotopic (exact) mass is 253 g/mol. The van der Waals surface area contributed by atoms with E-state index in [4.69, 9.17) is 0 Å². The van der Waals surface area contributed by atoms with Crippen LogP contribution >= 0.6 is 0 Å². The Morgan fingerprint density at radius 3 is 2.38 bits per heavy atom. The van der Waals surface area contributed by atoms with Crippen LogP contribution in [0.3, 0.4) is 0 Å². The summed E-state index contributed by atoms with van der Waals surface area (Å²) in [7, 11) is -5.60. The van der Waals surface area contributed by atoms with Gasteiger partial charge in [0.1, 0.15) is 5.75 Å². The average Bonchev–Trinajstić information content (AvgIpc) is 2.09. The Hall–Kier alpha value is -1.24. The van der Waals surface area contributed by atoms with Crippen LogP contribution in [0.2, 0.25) is 0 Å². The molecule has 0 aliphatic heterocycles. The van der Waals surface area contributed by atoms with Crippen molar-refractivity contribution in [1.29, 1.82) is 0 Å². The molecule has 1 aromatic carbocycles. The summed E-state index contributed by atoms with van der Waals surface area (Å²) < 4.78 is 61.6. The van der Waals surface area contributed by atoms with E-state index in [0.29, 0.717) is 5.56 Å². The maximum Gasteiger partial charge on any atom is 0.534 e. The van der Waals surface area contributed by atoms with Crippen LogP contribution in [-0.4, -0.2) is 13.9 Å². The fourth-order valence-corrected chi connectivity index (χ4v) is 1.41. The average molecular weight is 253 g/mol. The molecule has 0 N–H and O–H groups in total. The number of benzene rings is 1. The van der Waals surface area contributed by atoms with Crippen LogP contribution < -0.4 is 4.18 Å². The highest BCUT2D eigenvalue weighted by Crippen LogP contribution is 2.28. The molecule has 0 saturated heterocycles. The van der Waals surface area contributed by atoms with E-state index < -0.39 is 15.6 Å². The fourth-order valence-electron chi connectivity index (χ4n) is 0.901. The van der Waals surface area contributed by atoms with Gasteiger partial charge in [-0.15, -0.1) is 0 Å². The number of alkyl halides is 3. The molecule has 1 rings (SSSR count). The molecule has 0 aliphatic rings. The Labute approximate surface area is 91.0 Å². The van der Waals surface area contributed by atoms with E-state index >= 15 is 0 Å². The summed E-state index contributed by atoms with van der Waals surface area (Å²) in [4.78, 5) is 0. The first-order valence-corrected chi connectivity index (χ1v) is 5.54. The largest absolute Gasteiger partial charge is 0.534 e. The topological polar surface area (TPSA) is 43.4 Å². The van der Waals surface area contributed by atoms with Crippen molar-refractivity contribution >= 4 is 10.1 Å². The Morgan fingerprint density at radius 2 is 1.88 bits per heavy atom. The number of halogens is 3. The van der Waals surface area contributed by atoms with Crippen LogP contribution in [0.25, 0.3) is 0 Å². The smallest absolute Gasteiger partial charge is 0.376 e. The third kappa shape index (κ3) is 2.66. The first kappa shape index (κ1) is 12.8. The summed E-state index contributed by atoms with van der Waals surface area (Å²) in [5.74, 6) is -0.339. The Bertz CT molecular complexity index is 491. The van der Waals surface area contributed by atoms with Gasteiger partial charge in [-0.25, -0.2) is 0 Å². The van der Waals surface area contributed by atoms with Crippen molar-refractivity contribution < 1.29 is 25.8 Å². The lowest BCUT2D eigenvalue weighted by Crippen LogP contribution is -2.28. The van der Waals surface area contributed by atoms with Crippen molar-refractivity contribution in [3.63, 3.8) is 0 Å². The van der Waals surface area contributed by atoms with E-state index in [1.54, 1.807) is 6.92 Å². The molecule has 1 aromatic rings. The van der Waals surface area contributed by atoms with Crippen molar-refractivity contribution in [2.75, 3.05) is 0 Å². The van der Waals surface area contributed by atoms with Gasteiger partial charge in [-0.2, -0.15) is 21.6 Å². The maximum atomic E-state index is 12.0. The predicted octanol–water partition coefficient (Wildman–Crippen LogP) is 2.33. The minimum atomic E-state index is -5.60. The van der Waals surface area contributed by atoms with Gasteiger partial charge in [0.05, 0.1) is 0 Å². The van der Waals surface area contributed by atoms with Gasteiger partial charge in [0.25, 0.3) is 0 Å². The third-order valence-corrected chi connectivity index (χ3v) is 2.70. The molecule has 89 valence electrons. The summed E-state index contributed by atoms with van der Waals surface area (Å²) >= 11 is 0. The molecule has 7 heteroatoms. The van der Waals surface area contributed by atoms with E-state index in [1.165, 1.54) is 19.1 Å². The van der Waals surface area contributed by atoms with Gasteiger partial charge >= 0.3 is 15.6 Å². The fraction of sp³-hybridized carbons (Fsp3) is 0.333. The second-order valence-electron chi connectivity index (χ2n) is 3.15. The molecule has 0 amide bonds. The molecule has 0 unspecified atom stereocenters. The van der Waals surface area contributed by atoms with E-state index in [1.807, 2.05) is 0 Å². The van der Waals surface area contributed by atoms with Gasteiger partial charge in [-0.3, -0.25) is 0 Å². The van der Waals surface area contributed by atoms with Gasteiger partial charge in [-0.05, 0) is 43.2 Å². The number of hydrogen-bond acceptors (Lipinski definition) is 3. The van der Waals surface area contributed by atoms with Crippen molar-refractivity contribution in [2.24, 2.45) is 0 Å². The molecule has 3 nitrogen and oxygen atoms in total. The van der Waals surface area contributed by atoms with Crippen molar-refractivity contribution in [2.45, 2.75) is 19.4 Å². The molecule has 0 spiro atoms. The van der Waals surface area contributed by atoms with E-state index in [9.17, 15) is 21.6 Å². The Morgan fingerprint density at radius 1 is 1.31 bits per heavy atom. The molecule has 0 bridgehead atoms. The minimum Gasteiger partial charge on any atom is -0.376 e. The highest BCUT2D eigenvalue weighted by atomic mass is 32.2. The number of rotatable bonds is 2. The molecule has 0 saturated carbocycles. The normalized spacial score (nSPS) is 12.6. The molecule has 0 aromatic heterocycles. The Balaban J connectivity index is 3.11. The van der Waals surface area contributed by atoms with Crippen LogP contribution in [0.1, 0.15) is 11.1 Å². The number of aryl methyl sites for hydroxylation is 2. The van der Waals surface area contributed by atoms with Crippen LogP contribution in [0, 0.1) is 19.9 Å². The molecular weight excluding hydrogens is 245 g/mol. The highest BCUT2D eigenvalue weighted by molar-refractivity contribution is 7.88. The van der Waals surface area contributed by atoms with Crippen molar-refractivity contribution in [3.05, 3.63) is 29.3 Å². The van der Waals surface area contributed by atoms with Gasteiger partial charge in [-0.1, -0.05) is 0 Å². The van der Waals surface area contributed by atoms with Crippen molar-refractivity contribution in [1.82, 2.24) is 0 Å². The standard InChI is InChI=1S/C9H8F3O3S/c1-6-3-4-7(2)8(5-6)15-16(13,14)9(10,11)12/h4-5H,1-2H3. The molecular formula is C9H8F3O3S. The summed E-state index contributed by atoms with van der Waals surface area (Å²) in [6.45, 7) is 2.99. The molecule has 0 fully saturated rings. The van der Waals surface area contributed by atoms with Crippen LogP contribution in [-0.2, 0) is 10.1 Å². The predicted molar refractivity (Wildman–Crippen MR) is 50.4 cm³/mol. The lowest BCUT2D eigenvalue weighted by Gasteiger charge is -2.11. The van der Waals surface area contributed by atoms with Gasteiger partial charge in [0.2, 0.25) is 0 Å². The zero-order valence-corrected chi connectivity index (χ0v) is 9.24. The lowest BCUT2D eigenvalue weighted by molar-refractivity contribution is -0.0500. The molecule has 16 heavy (non-hydrogen) atoms. The Kier molecular flexibility index (Phi) is 3.18. The highest BCUT2D eigenvalue weighted by Gasteiger charge is 2.48. The first-order chi connectivity index (χ1) is 7.13. The van der Waals surface area contributed by atoms with Gasteiger partial charge in [0.15, 0.2) is 0 Å². The van der Waals surface area contributed by atoms with Crippen molar-refractivity contribution in [3.8, 4) is 5.75 Å². The van der Waals surface area contributed by atoms with E-state index in [2.05, 4.69) is 10.2 Å². The minimum absolute atomic E-state index is 0.262. The summed E-state index contributed by atoms with van der Waals surface area (Å²) in [5, 5.41) is 0. The van der Waals surface area contributed by atoms with Crippen LogP contribution in [0.15, 0.2) is 12.1 Å². The van der Waals surface area contributed by atoms with E-state index in [0.717, 1.165) is 0 Å². The molecule has 1 radical (unpaired) electrons.